The van der Waals surface area contributed by atoms with Gasteiger partial charge in [-0.1, -0.05) is 23.7 Å². The van der Waals surface area contributed by atoms with Crippen molar-refractivity contribution < 1.29 is 24.0 Å². The normalized spacial score (nSPS) is 12.9. The molecule has 150 valence electrons. The van der Waals surface area contributed by atoms with E-state index in [1.165, 1.54) is 28.8 Å². The second-order valence-corrected chi connectivity index (χ2v) is 7.29. The molecule has 0 aliphatic carbocycles. The van der Waals surface area contributed by atoms with E-state index in [9.17, 15) is 24.5 Å². The molecular weight excluding hydrogens is 422 g/mol. The zero-order valence-electron chi connectivity index (χ0n) is 14.8. The number of carbonyl (C=O) groups excluding carboxylic acids is 3. The molecule has 0 aromatic heterocycles. The van der Waals surface area contributed by atoms with Crippen LogP contribution in [-0.4, -0.2) is 41.6 Å². The van der Waals surface area contributed by atoms with Crippen molar-refractivity contribution in [3.63, 3.8) is 0 Å². The Labute approximate surface area is 174 Å². The summed E-state index contributed by atoms with van der Waals surface area (Å²) in [4.78, 5) is 48.5. The van der Waals surface area contributed by atoms with Gasteiger partial charge < -0.3 is 10.1 Å². The van der Waals surface area contributed by atoms with Gasteiger partial charge in [-0.05, 0) is 18.2 Å². The fourth-order valence-corrected chi connectivity index (χ4v) is 3.71. The van der Waals surface area contributed by atoms with Crippen LogP contribution in [0.15, 0.2) is 47.4 Å². The number of halogens is 1. The molecule has 29 heavy (non-hydrogen) atoms. The Kier molecular flexibility index (Phi) is 6.35. The molecular formula is C18H14ClN3O6S. The van der Waals surface area contributed by atoms with E-state index in [4.69, 9.17) is 16.3 Å². The number of fused-ring (bicyclic) bond motifs is 1. The number of nitro groups is 1. The van der Waals surface area contributed by atoms with Gasteiger partial charge in [-0.15, -0.1) is 11.8 Å². The number of nitro benzene ring substituents is 1. The van der Waals surface area contributed by atoms with Gasteiger partial charge >= 0.3 is 5.97 Å². The van der Waals surface area contributed by atoms with Gasteiger partial charge in [0, 0.05) is 17.0 Å². The summed E-state index contributed by atoms with van der Waals surface area (Å²) < 4.78 is 4.94. The Balaban J connectivity index is 1.55. The van der Waals surface area contributed by atoms with Gasteiger partial charge in [-0.25, -0.2) is 0 Å². The molecule has 0 bridgehead atoms. The van der Waals surface area contributed by atoms with Crippen LogP contribution < -0.4 is 10.2 Å². The van der Waals surface area contributed by atoms with Crippen LogP contribution in [0.25, 0.3) is 0 Å². The van der Waals surface area contributed by atoms with Crippen LogP contribution in [0.3, 0.4) is 0 Å². The van der Waals surface area contributed by atoms with E-state index in [0.717, 1.165) is 11.0 Å². The third kappa shape index (κ3) is 5.04. The van der Waals surface area contributed by atoms with Crippen molar-refractivity contribution in [2.24, 2.45) is 0 Å². The summed E-state index contributed by atoms with van der Waals surface area (Å²) in [6, 6.07) is 10.7. The largest absolute Gasteiger partial charge is 0.454 e. The third-order valence-corrected chi connectivity index (χ3v) is 5.26. The summed E-state index contributed by atoms with van der Waals surface area (Å²) in [5.74, 6) is -1.43. The van der Waals surface area contributed by atoms with Gasteiger partial charge in [0.1, 0.15) is 6.54 Å². The number of hydrogen-bond donors (Lipinski definition) is 1. The lowest BCUT2D eigenvalue weighted by Gasteiger charge is -2.27. The third-order valence-electron chi connectivity index (χ3n) is 3.90. The summed E-state index contributed by atoms with van der Waals surface area (Å²) in [6.07, 6.45) is 0. The summed E-state index contributed by atoms with van der Waals surface area (Å²) in [5, 5.41) is 13.1. The van der Waals surface area contributed by atoms with Crippen molar-refractivity contribution >= 4 is 58.2 Å². The Bertz CT molecular complexity index is 999. The highest BCUT2D eigenvalue weighted by Crippen LogP contribution is 2.34. The lowest BCUT2D eigenvalue weighted by Crippen LogP contribution is -2.40. The van der Waals surface area contributed by atoms with Crippen molar-refractivity contribution in [2.75, 3.05) is 29.1 Å². The first-order chi connectivity index (χ1) is 13.8. The van der Waals surface area contributed by atoms with E-state index >= 15 is 0 Å². The van der Waals surface area contributed by atoms with Crippen LogP contribution in [0.2, 0.25) is 5.02 Å². The predicted octanol–water partition coefficient (Wildman–Crippen LogP) is 2.87. The number of rotatable bonds is 6. The number of anilines is 2. The molecule has 3 rings (SSSR count). The molecule has 0 unspecified atom stereocenters. The molecule has 1 aliphatic rings. The number of ether oxygens (including phenoxy) is 1. The van der Waals surface area contributed by atoms with Gasteiger partial charge in [-0.2, -0.15) is 0 Å². The van der Waals surface area contributed by atoms with Crippen LogP contribution in [-0.2, 0) is 19.1 Å². The number of esters is 1. The smallest absolute Gasteiger partial charge is 0.326 e. The van der Waals surface area contributed by atoms with Crippen molar-refractivity contribution in [3.05, 3.63) is 57.6 Å². The minimum atomic E-state index is -0.745. The number of amides is 2. The highest BCUT2D eigenvalue weighted by atomic mass is 35.5. The van der Waals surface area contributed by atoms with E-state index in [1.54, 1.807) is 12.1 Å². The predicted molar refractivity (Wildman–Crippen MR) is 107 cm³/mol. The number of benzene rings is 2. The Morgan fingerprint density at radius 2 is 2.03 bits per heavy atom. The maximum Gasteiger partial charge on any atom is 0.326 e. The second-order valence-electron chi connectivity index (χ2n) is 5.87. The maximum absolute atomic E-state index is 12.1. The highest BCUT2D eigenvalue weighted by Gasteiger charge is 2.27. The average Bonchev–Trinajstić information content (AvgIpc) is 2.70. The van der Waals surface area contributed by atoms with Crippen molar-refractivity contribution in [1.82, 2.24) is 0 Å². The van der Waals surface area contributed by atoms with Gasteiger partial charge in [-0.3, -0.25) is 29.4 Å². The van der Waals surface area contributed by atoms with Crippen LogP contribution >= 0.6 is 23.4 Å². The SMILES string of the molecule is O=C(COC(=O)CN1C(=O)CSc2ccccc21)Nc1ccc([N+](=O)[O-])cc1Cl. The molecule has 11 heteroatoms. The topological polar surface area (TPSA) is 119 Å². The zero-order valence-corrected chi connectivity index (χ0v) is 16.4. The first-order valence-electron chi connectivity index (χ1n) is 8.27. The molecule has 1 N–H and O–H groups in total. The van der Waals surface area contributed by atoms with Gasteiger partial charge in [0.15, 0.2) is 6.61 Å². The monoisotopic (exact) mass is 435 g/mol. The molecule has 1 heterocycles. The number of nitrogens with zero attached hydrogens (tertiary/aromatic N) is 2. The molecule has 0 spiro atoms. The summed E-state index contributed by atoms with van der Waals surface area (Å²) in [5.41, 5.74) is 0.548. The molecule has 0 fully saturated rings. The zero-order chi connectivity index (χ0) is 21.0. The van der Waals surface area contributed by atoms with Crippen molar-refractivity contribution in [3.8, 4) is 0 Å². The van der Waals surface area contributed by atoms with Gasteiger partial charge in [0.25, 0.3) is 11.6 Å². The molecule has 1 aliphatic heterocycles. The molecule has 2 aromatic rings. The minimum absolute atomic E-state index is 0.0214. The fourth-order valence-electron chi connectivity index (χ4n) is 2.55. The Hall–Kier alpha value is -3.11. The lowest BCUT2D eigenvalue weighted by atomic mass is 10.2. The first kappa shape index (κ1) is 20.6. The Morgan fingerprint density at radius 3 is 2.76 bits per heavy atom. The number of hydrogen-bond acceptors (Lipinski definition) is 7. The van der Waals surface area contributed by atoms with Gasteiger partial charge in [0.2, 0.25) is 5.91 Å². The van der Waals surface area contributed by atoms with E-state index < -0.39 is 23.4 Å². The van der Waals surface area contributed by atoms with E-state index in [0.29, 0.717) is 5.69 Å². The van der Waals surface area contributed by atoms with Crippen molar-refractivity contribution in [2.45, 2.75) is 4.90 Å². The minimum Gasteiger partial charge on any atom is -0.454 e. The number of thioether (sulfide) groups is 1. The molecule has 2 amide bonds. The van der Waals surface area contributed by atoms with Crippen molar-refractivity contribution in [1.29, 1.82) is 0 Å². The number of para-hydroxylation sites is 1. The molecule has 0 saturated carbocycles. The highest BCUT2D eigenvalue weighted by molar-refractivity contribution is 8.00. The Morgan fingerprint density at radius 1 is 1.28 bits per heavy atom. The van der Waals surface area contributed by atoms with E-state index in [-0.39, 0.29) is 34.6 Å². The summed E-state index contributed by atoms with van der Waals surface area (Å²) in [6.45, 7) is -0.910. The van der Waals surface area contributed by atoms with Crippen LogP contribution in [0.1, 0.15) is 0 Å². The second kappa shape index (κ2) is 8.93. The number of nitrogens with one attached hydrogen (secondary N) is 1. The van der Waals surface area contributed by atoms with Crippen LogP contribution in [0, 0.1) is 10.1 Å². The molecule has 0 radical (unpaired) electrons. The van der Waals surface area contributed by atoms with Crippen LogP contribution in [0.5, 0.6) is 0 Å². The standard InChI is InChI=1S/C18H14ClN3O6S/c19-12-7-11(22(26)27)5-6-13(12)20-16(23)9-28-18(25)8-21-14-3-1-2-4-15(14)29-10-17(21)24/h1-7H,8-10H2,(H,20,23). The fraction of sp³-hybridized carbons (Fsp3) is 0.167. The summed E-state index contributed by atoms with van der Waals surface area (Å²) >= 11 is 7.29. The average molecular weight is 436 g/mol. The quantitative estimate of drug-likeness (QED) is 0.421. The molecule has 0 atom stereocenters. The summed E-state index contributed by atoms with van der Waals surface area (Å²) in [7, 11) is 0. The van der Waals surface area contributed by atoms with Crippen LogP contribution in [0.4, 0.5) is 17.1 Å². The molecule has 0 saturated heterocycles. The van der Waals surface area contributed by atoms with E-state index in [2.05, 4.69) is 5.32 Å². The first-order valence-corrected chi connectivity index (χ1v) is 9.63. The number of carbonyl (C=O) groups is 3. The lowest BCUT2D eigenvalue weighted by molar-refractivity contribution is -0.384. The van der Waals surface area contributed by atoms with Gasteiger partial charge in [0.05, 0.1) is 27.1 Å². The maximum atomic E-state index is 12.1. The van der Waals surface area contributed by atoms with E-state index in [1.807, 2.05) is 12.1 Å². The molecule has 2 aromatic carbocycles. The number of non-ortho nitro benzene ring substituents is 1. The molecule has 9 nitrogen and oxygen atoms in total.